The molecule has 0 spiro atoms. The summed E-state index contributed by atoms with van der Waals surface area (Å²) in [5.41, 5.74) is 1.31. The van der Waals surface area contributed by atoms with Crippen molar-refractivity contribution in [1.82, 2.24) is 0 Å². The highest BCUT2D eigenvalue weighted by Crippen LogP contribution is 2.10. The summed E-state index contributed by atoms with van der Waals surface area (Å²) >= 11 is 5.62. The van der Waals surface area contributed by atoms with Gasteiger partial charge in [0.05, 0.1) is 0 Å². The van der Waals surface area contributed by atoms with Gasteiger partial charge in [-0.3, -0.25) is 0 Å². The third-order valence-corrected chi connectivity index (χ3v) is 2.63. The van der Waals surface area contributed by atoms with Crippen LogP contribution in [0.4, 0.5) is 0 Å². The van der Waals surface area contributed by atoms with Crippen LogP contribution < -0.4 is 0 Å². The van der Waals surface area contributed by atoms with Crippen LogP contribution in [0, 0.1) is 5.92 Å². The monoisotopic (exact) mass is 148 g/mol. The minimum absolute atomic E-state index is 0.304. The average Bonchev–Trinajstić information content (AvgIpc) is 1.67. The van der Waals surface area contributed by atoms with Gasteiger partial charge in [-0.25, -0.2) is 0 Å². The van der Waals surface area contributed by atoms with Gasteiger partial charge in [-0.2, -0.15) is 11.1 Å². The number of halogens is 1. The fourth-order valence-corrected chi connectivity index (χ4v) is 1.96. The van der Waals surface area contributed by atoms with Gasteiger partial charge in [-0.15, -0.1) is 0 Å². The molecule has 0 N–H and O–H groups in total. The molecule has 2 heteroatoms. The van der Waals surface area contributed by atoms with Gasteiger partial charge >= 0.3 is 0 Å². The predicted molar refractivity (Wildman–Crippen MR) is 43.2 cm³/mol. The zero-order valence-electron chi connectivity index (χ0n) is 5.58. The van der Waals surface area contributed by atoms with Crippen molar-refractivity contribution in [2.24, 2.45) is 5.92 Å². The third kappa shape index (κ3) is 3.27. The van der Waals surface area contributed by atoms with Crippen LogP contribution in [0.25, 0.3) is 0 Å². The van der Waals surface area contributed by atoms with Crippen LogP contribution in [0.2, 0.25) is 6.04 Å². The highest BCUT2D eigenvalue weighted by atomic mass is 35.6. The molecule has 0 radical (unpaired) electrons. The van der Waals surface area contributed by atoms with E-state index in [0.717, 1.165) is 6.04 Å². The van der Waals surface area contributed by atoms with E-state index in [1.54, 1.807) is 0 Å². The molecule has 0 rings (SSSR count). The summed E-state index contributed by atoms with van der Waals surface area (Å²) in [6.45, 7) is 8.21. The van der Waals surface area contributed by atoms with E-state index in [1.165, 1.54) is 5.57 Å². The minimum atomic E-state index is -0.304. The van der Waals surface area contributed by atoms with E-state index in [1.807, 2.05) is 0 Å². The molecule has 0 atom stereocenters. The standard InChI is InChI=1S/C6H13ClSi/c1-5(2)6(3)4-8-7/h5H,3-4,8H2,1-2H3. The van der Waals surface area contributed by atoms with Crippen molar-refractivity contribution in [3.8, 4) is 0 Å². The Morgan fingerprint density at radius 1 is 1.75 bits per heavy atom. The minimum Gasteiger partial charge on any atom is -0.176 e. The molecule has 0 bridgehead atoms. The van der Waals surface area contributed by atoms with Gasteiger partial charge in [0.1, 0.15) is 8.83 Å². The van der Waals surface area contributed by atoms with Crippen LogP contribution in [0.15, 0.2) is 12.2 Å². The average molecular weight is 149 g/mol. The summed E-state index contributed by atoms with van der Waals surface area (Å²) in [4.78, 5) is 0. The normalized spacial score (nSPS) is 11.5. The lowest BCUT2D eigenvalue weighted by atomic mass is 10.1. The van der Waals surface area contributed by atoms with Gasteiger partial charge in [-0.05, 0) is 12.0 Å². The van der Waals surface area contributed by atoms with E-state index in [2.05, 4.69) is 20.4 Å². The third-order valence-electron chi connectivity index (χ3n) is 1.23. The summed E-state index contributed by atoms with van der Waals surface area (Å²) in [5.74, 6) is 0.626. The summed E-state index contributed by atoms with van der Waals surface area (Å²) in [6, 6.07) is 1.10. The first-order chi connectivity index (χ1) is 3.68. The van der Waals surface area contributed by atoms with Crippen LogP contribution in [0.3, 0.4) is 0 Å². The second kappa shape index (κ2) is 4.16. The molecule has 0 saturated carbocycles. The molecule has 0 amide bonds. The summed E-state index contributed by atoms with van der Waals surface area (Å²) in [7, 11) is -0.304. The van der Waals surface area contributed by atoms with Crippen LogP contribution in [0.1, 0.15) is 13.8 Å². The first-order valence-electron chi connectivity index (χ1n) is 2.92. The Hall–Kier alpha value is 0.247. The van der Waals surface area contributed by atoms with Crippen LogP contribution in [-0.2, 0) is 0 Å². The van der Waals surface area contributed by atoms with E-state index in [4.69, 9.17) is 11.1 Å². The molecule has 0 unspecified atom stereocenters. The van der Waals surface area contributed by atoms with Crippen molar-refractivity contribution < 1.29 is 0 Å². The second-order valence-electron chi connectivity index (χ2n) is 2.25. The van der Waals surface area contributed by atoms with Crippen molar-refractivity contribution in [3.05, 3.63) is 12.2 Å². The van der Waals surface area contributed by atoms with Crippen LogP contribution >= 0.6 is 11.1 Å². The Bertz CT molecular complexity index is 78.6. The zero-order valence-corrected chi connectivity index (χ0v) is 7.75. The maximum atomic E-state index is 5.62. The molecule has 0 aliphatic rings. The maximum absolute atomic E-state index is 5.62. The summed E-state index contributed by atoms with van der Waals surface area (Å²) < 4.78 is 0. The van der Waals surface area contributed by atoms with Gasteiger partial charge in [0.25, 0.3) is 0 Å². The van der Waals surface area contributed by atoms with Gasteiger partial charge in [0.2, 0.25) is 0 Å². The molecule has 0 aromatic heterocycles. The van der Waals surface area contributed by atoms with E-state index < -0.39 is 0 Å². The van der Waals surface area contributed by atoms with Gasteiger partial charge in [0, 0.05) is 0 Å². The Balaban J connectivity index is 3.33. The Labute approximate surface area is 58.5 Å². The molecular formula is C6H13ClSi. The maximum Gasteiger partial charge on any atom is 0.129 e. The smallest absolute Gasteiger partial charge is 0.129 e. The molecule has 0 aliphatic heterocycles. The lowest BCUT2D eigenvalue weighted by Crippen LogP contribution is -1.92. The molecule has 0 fully saturated rings. The van der Waals surface area contributed by atoms with Crippen LogP contribution in [-0.4, -0.2) is 8.83 Å². The van der Waals surface area contributed by atoms with E-state index in [0.29, 0.717) is 5.92 Å². The summed E-state index contributed by atoms with van der Waals surface area (Å²) in [6.07, 6.45) is 0. The molecule has 0 saturated heterocycles. The van der Waals surface area contributed by atoms with E-state index >= 15 is 0 Å². The van der Waals surface area contributed by atoms with Crippen LogP contribution in [0.5, 0.6) is 0 Å². The van der Waals surface area contributed by atoms with Gasteiger partial charge in [0.15, 0.2) is 0 Å². The number of hydrogen-bond donors (Lipinski definition) is 0. The molecule has 0 nitrogen and oxygen atoms in total. The molecular weight excluding hydrogens is 136 g/mol. The zero-order chi connectivity index (χ0) is 6.57. The number of rotatable bonds is 3. The molecule has 8 heavy (non-hydrogen) atoms. The molecule has 48 valence electrons. The lowest BCUT2D eigenvalue weighted by Gasteiger charge is -2.04. The van der Waals surface area contributed by atoms with E-state index in [-0.39, 0.29) is 8.83 Å². The first-order valence-corrected chi connectivity index (χ1v) is 6.06. The SMILES string of the molecule is C=C(C[SiH2]Cl)C(C)C. The first kappa shape index (κ1) is 8.25. The highest BCUT2D eigenvalue weighted by molar-refractivity contribution is 6.93. The number of allylic oxidation sites excluding steroid dienone is 1. The highest BCUT2D eigenvalue weighted by Gasteiger charge is 1.97. The predicted octanol–water partition coefficient (Wildman–Crippen LogP) is 1.94. The van der Waals surface area contributed by atoms with Crippen molar-refractivity contribution >= 4 is 19.9 Å². The van der Waals surface area contributed by atoms with Crippen molar-refractivity contribution in [3.63, 3.8) is 0 Å². The van der Waals surface area contributed by atoms with Crippen molar-refractivity contribution in [1.29, 1.82) is 0 Å². The largest absolute Gasteiger partial charge is 0.176 e. The van der Waals surface area contributed by atoms with Gasteiger partial charge in [-0.1, -0.05) is 26.0 Å². The Morgan fingerprint density at radius 2 is 2.25 bits per heavy atom. The fourth-order valence-electron chi connectivity index (χ4n) is 0.410. The Kier molecular flexibility index (Phi) is 4.29. The van der Waals surface area contributed by atoms with Gasteiger partial charge < -0.3 is 0 Å². The van der Waals surface area contributed by atoms with E-state index in [9.17, 15) is 0 Å². The molecule has 0 heterocycles. The number of hydrogen-bond acceptors (Lipinski definition) is 0. The lowest BCUT2D eigenvalue weighted by molar-refractivity contribution is 0.772. The fraction of sp³-hybridized carbons (Fsp3) is 0.667. The molecule has 0 aliphatic carbocycles. The quantitative estimate of drug-likeness (QED) is 0.326. The van der Waals surface area contributed by atoms with Crippen molar-refractivity contribution in [2.75, 3.05) is 0 Å². The molecule has 0 aromatic rings. The Morgan fingerprint density at radius 3 is 2.38 bits per heavy atom. The molecule has 0 aromatic carbocycles. The summed E-state index contributed by atoms with van der Waals surface area (Å²) in [5, 5.41) is 0. The topological polar surface area (TPSA) is 0 Å². The van der Waals surface area contributed by atoms with Crippen molar-refractivity contribution in [2.45, 2.75) is 19.9 Å². The second-order valence-corrected chi connectivity index (χ2v) is 4.26.